The van der Waals surface area contributed by atoms with Crippen molar-refractivity contribution in [2.75, 3.05) is 21.3 Å². The van der Waals surface area contributed by atoms with Crippen molar-refractivity contribution in [3.05, 3.63) is 17.7 Å². The van der Waals surface area contributed by atoms with Crippen LogP contribution in [0.4, 0.5) is 0 Å². The van der Waals surface area contributed by atoms with Gasteiger partial charge in [0.1, 0.15) is 19.3 Å². The highest BCUT2D eigenvalue weighted by Gasteiger charge is 2.07. The Balaban J connectivity index is 3.11. The molecule has 0 aromatic heterocycles. The molecule has 0 unspecified atom stereocenters. The summed E-state index contributed by atoms with van der Waals surface area (Å²) < 4.78 is 15.5. The van der Waals surface area contributed by atoms with Crippen molar-refractivity contribution in [3.8, 4) is 11.5 Å². The van der Waals surface area contributed by atoms with Crippen LogP contribution in [0.15, 0.2) is 12.1 Å². The van der Waals surface area contributed by atoms with Gasteiger partial charge in [0, 0.05) is 7.11 Å². The molecule has 3 nitrogen and oxygen atoms in total. The minimum Gasteiger partial charge on any atom is -0.497 e. The highest BCUT2D eigenvalue weighted by atomic mass is 16.5. The molecule has 0 aliphatic heterocycles. The fourth-order valence-corrected chi connectivity index (χ4v) is 1.39. The fraction of sp³-hybridized carbons (Fsp3) is 0.400. The Bertz CT molecular complexity index is 287. The maximum atomic E-state index is 5.24. The minimum atomic E-state index is 0.562. The van der Waals surface area contributed by atoms with E-state index in [9.17, 15) is 0 Å². The van der Waals surface area contributed by atoms with Gasteiger partial charge in [0.05, 0.1) is 20.8 Å². The third-order valence-electron chi connectivity index (χ3n) is 2.12. The smallest absolute Gasteiger partial charge is 0.149 e. The minimum absolute atomic E-state index is 0.562. The third kappa shape index (κ3) is 2.20. The van der Waals surface area contributed by atoms with E-state index in [0.717, 1.165) is 22.5 Å². The van der Waals surface area contributed by atoms with Gasteiger partial charge in [-0.15, -0.1) is 0 Å². The van der Waals surface area contributed by atoms with E-state index in [1.54, 1.807) is 21.3 Å². The predicted molar refractivity (Wildman–Crippen MR) is 58.4 cm³/mol. The van der Waals surface area contributed by atoms with E-state index in [1.165, 1.54) is 0 Å². The number of hydrogen-bond acceptors (Lipinski definition) is 3. The quantitative estimate of drug-likeness (QED) is 0.636. The lowest BCUT2D eigenvalue weighted by Gasteiger charge is -2.12. The highest BCUT2D eigenvalue weighted by molar-refractivity contribution is 6.36. The van der Waals surface area contributed by atoms with E-state index in [2.05, 4.69) is 0 Å². The molecule has 1 aromatic rings. The number of ether oxygens (including phenoxy) is 3. The second kappa shape index (κ2) is 4.91. The van der Waals surface area contributed by atoms with Crippen LogP contribution in [0.1, 0.15) is 5.56 Å². The molecule has 4 heteroatoms. The van der Waals surface area contributed by atoms with Gasteiger partial charge in [-0.1, -0.05) is 0 Å². The van der Waals surface area contributed by atoms with Gasteiger partial charge in [0.25, 0.3) is 0 Å². The standard InChI is InChI=1S/C10H15BO3/c1-12-6-7-4-8(13-2)10(11)9(5-7)14-3/h4-5H,6,11H2,1-3H3. The molecule has 0 radical (unpaired) electrons. The molecule has 0 saturated heterocycles. The van der Waals surface area contributed by atoms with Gasteiger partial charge in [0.15, 0.2) is 0 Å². The van der Waals surface area contributed by atoms with Crippen LogP contribution in [-0.2, 0) is 11.3 Å². The van der Waals surface area contributed by atoms with Crippen LogP contribution in [-0.4, -0.2) is 29.2 Å². The van der Waals surface area contributed by atoms with Gasteiger partial charge < -0.3 is 14.2 Å². The van der Waals surface area contributed by atoms with Crippen molar-refractivity contribution in [1.82, 2.24) is 0 Å². The lowest BCUT2D eigenvalue weighted by molar-refractivity contribution is 0.184. The normalized spacial score (nSPS) is 9.93. The van der Waals surface area contributed by atoms with Crippen molar-refractivity contribution < 1.29 is 14.2 Å². The van der Waals surface area contributed by atoms with Crippen LogP contribution >= 0.6 is 0 Å². The molecule has 1 rings (SSSR count). The average molecular weight is 194 g/mol. The van der Waals surface area contributed by atoms with Gasteiger partial charge in [0.2, 0.25) is 0 Å². The summed E-state index contributed by atoms with van der Waals surface area (Å²) in [4.78, 5) is 0. The fourth-order valence-electron chi connectivity index (χ4n) is 1.39. The Morgan fingerprint density at radius 3 is 1.93 bits per heavy atom. The maximum absolute atomic E-state index is 5.24. The van der Waals surface area contributed by atoms with Crippen LogP contribution in [0.5, 0.6) is 11.5 Å². The lowest BCUT2D eigenvalue weighted by Crippen LogP contribution is -2.12. The van der Waals surface area contributed by atoms with E-state index in [4.69, 9.17) is 14.2 Å². The zero-order valence-electron chi connectivity index (χ0n) is 9.09. The molecule has 0 N–H and O–H groups in total. The first-order chi connectivity index (χ1) is 6.72. The largest absolute Gasteiger partial charge is 0.497 e. The van der Waals surface area contributed by atoms with Crippen molar-refractivity contribution in [2.45, 2.75) is 6.61 Å². The zero-order chi connectivity index (χ0) is 10.6. The molecular weight excluding hydrogens is 179 g/mol. The van der Waals surface area contributed by atoms with Crippen LogP contribution in [0, 0.1) is 0 Å². The first kappa shape index (κ1) is 10.9. The highest BCUT2D eigenvalue weighted by Crippen LogP contribution is 2.19. The van der Waals surface area contributed by atoms with Crippen LogP contribution in [0.3, 0.4) is 0 Å². The Labute approximate surface area is 85.4 Å². The second-order valence-electron chi connectivity index (χ2n) is 3.06. The Hall–Kier alpha value is -1.16. The van der Waals surface area contributed by atoms with E-state index in [0.29, 0.717) is 6.61 Å². The van der Waals surface area contributed by atoms with Crippen LogP contribution < -0.4 is 14.9 Å². The molecule has 0 bridgehead atoms. The summed E-state index contributed by atoms with van der Waals surface area (Å²) in [6.07, 6.45) is 0. The van der Waals surface area contributed by atoms with E-state index >= 15 is 0 Å². The molecule has 14 heavy (non-hydrogen) atoms. The summed E-state index contributed by atoms with van der Waals surface area (Å²) in [5, 5.41) is 0. The molecule has 0 heterocycles. The molecule has 0 spiro atoms. The number of hydrogen-bond donors (Lipinski definition) is 0. The van der Waals surface area contributed by atoms with Crippen molar-refractivity contribution in [1.29, 1.82) is 0 Å². The summed E-state index contributed by atoms with van der Waals surface area (Å²) in [7, 11) is 6.93. The number of methoxy groups -OCH3 is 3. The molecule has 0 atom stereocenters. The first-order valence-electron chi connectivity index (χ1n) is 4.43. The molecule has 0 aliphatic carbocycles. The first-order valence-corrected chi connectivity index (χ1v) is 4.43. The molecule has 0 saturated carbocycles. The molecular formula is C10H15BO3. The summed E-state index contributed by atoms with van der Waals surface area (Å²) in [5.74, 6) is 1.66. The molecule has 0 amide bonds. The molecule has 0 aliphatic rings. The van der Waals surface area contributed by atoms with Gasteiger partial charge >= 0.3 is 0 Å². The van der Waals surface area contributed by atoms with Gasteiger partial charge in [-0.25, -0.2) is 0 Å². The summed E-state index contributed by atoms with van der Waals surface area (Å²) in [6.45, 7) is 0.562. The van der Waals surface area contributed by atoms with Crippen molar-refractivity contribution in [2.24, 2.45) is 0 Å². The van der Waals surface area contributed by atoms with E-state index < -0.39 is 0 Å². The SMILES string of the molecule is Bc1c(OC)cc(COC)cc1OC. The van der Waals surface area contributed by atoms with Gasteiger partial charge in [-0.05, 0) is 23.2 Å². The third-order valence-corrected chi connectivity index (χ3v) is 2.12. The van der Waals surface area contributed by atoms with Crippen molar-refractivity contribution in [3.63, 3.8) is 0 Å². The Kier molecular flexibility index (Phi) is 3.83. The molecule has 0 fully saturated rings. The average Bonchev–Trinajstić information content (AvgIpc) is 2.20. The lowest BCUT2D eigenvalue weighted by atomic mass is 9.92. The predicted octanol–water partition coefficient (Wildman–Crippen LogP) is 0.109. The van der Waals surface area contributed by atoms with Crippen molar-refractivity contribution >= 4 is 13.3 Å². The molecule has 1 aromatic carbocycles. The summed E-state index contributed by atoms with van der Waals surface area (Å²) >= 11 is 0. The topological polar surface area (TPSA) is 27.7 Å². The molecule has 76 valence electrons. The zero-order valence-corrected chi connectivity index (χ0v) is 9.09. The number of benzene rings is 1. The van der Waals surface area contributed by atoms with Crippen LogP contribution in [0.2, 0.25) is 0 Å². The van der Waals surface area contributed by atoms with Gasteiger partial charge in [-0.2, -0.15) is 0 Å². The maximum Gasteiger partial charge on any atom is 0.149 e. The second-order valence-corrected chi connectivity index (χ2v) is 3.06. The Morgan fingerprint density at radius 2 is 1.57 bits per heavy atom. The monoisotopic (exact) mass is 194 g/mol. The summed E-state index contributed by atoms with van der Waals surface area (Å²) in [5.41, 5.74) is 2.06. The van der Waals surface area contributed by atoms with Crippen LogP contribution in [0.25, 0.3) is 0 Å². The number of rotatable bonds is 4. The van der Waals surface area contributed by atoms with E-state index in [-0.39, 0.29) is 0 Å². The Morgan fingerprint density at radius 1 is 1.07 bits per heavy atom. The van der Waals surface area contributed by atoms with E-state index in [1.807, 2.05) is 20.0 Å². The summed E-state index contributed by atoms with van der Waals surface area (Å²) in [6, 6.07) is 3.92. The van der Waals surface area contributed by atoms with Gasteiger partial charge in [-0.3, -0.25) is 0 Å².